The lowest BCUT2D eigenvalue weighted by molar-refractivity contribution is -0.143. The number of aliphatic hydroxyl groups excluding tert-OH is 1. The van der Waals surface area contributed by atoms with Crippen LogP contribution in [0.5, 0.6) is 0 Å². The van der Waals surface area contributed by atoms with Gasteiger partial charge in [0, 0.05) is 17.5 Å². The van der Waals surface area contributed by atoms with Gasteiger partial charge in [-0.1, -0.05) is 24.3 Å². The molecule has 26 heavy (non-hydrogen) atoms. The highest BCUT2D eigenvalue weighted by Crippen LogP contribution is 2.36. The van der Waals surface area contributed by atoms with E-state index in [1.54, 1.807) is 31.2 Å². The highest BCUT2D eigenvalue weighted by Gasteiger charge is 2.28. The monoisotopic (exact) mass is 355 g/mol. The first kappa shape index (κ1) is 17.7. The zero-order valence-corrected chi connectivity index (χ0v) is 14.2. The summed E-state index contributed by atoms with van der Waals surface area (Å²) in [5.41, 5.74) is 2.28. The molecule has 0 bridgehead atoms. The van der Waals surface area contributed by atoms with Crippen LogP contribution in [0.2, 0.25) is 0 Å². The number of rotatable bonds is 5. The quantitative estimate of drug-likeness (QED) is 0.487. The normalized spacial score (nSPS) is 14.6. The van der Waals surface area contributed by atoms with Crippen molar-refractivity contribution in [3.63, 3.8) is 0 Å². The molecule has 3 rings (SSSR count). The molecular weight excluding hydrogens is 337 g/mol. The first-order valence-corrected chi connectivity index (χ1v) is 8.29. The average molecular weight is 355 g/mol. The van der Waals surface area contributed by atoms with Gasteiger partial charge in [-0.3, -0.25) is 9.59 Å². The van der Waals surface area contributed by atoms with Crippen LogP contribution < -0.4 is 5.32 Å². The molecule has 0 saturated carbocycles. The SMILES string of the molecule is CCOC(=O)CCc1ccc(/C(O)=C2\C(=O)Nc3cc(F)ccc32)cc1. The highest BCUT2D eigenvalue weighted by atomic mass is 19.1. The molecule has 0 spiro atoms. The predicted molar refractivity (Wildman–Crippen MR) is 95.9 cm³/mol. The van der Waals surface area contributed by atoms with Crippen molar-refractivity contribution in [3.05, 3.63) is 65.0 Å². The maximum absolute atomic E-state index is 13.3. The number of fused-ring (bicyclic) bond motifs is 1. The number of esters is 1. The molecule has 1 aliphatic heterocycles. The summed E-state index contributed by atoms with van der Waals surface area (Å²) in [6.45, 7) is 2.11. The number of ether oxygens (including phenoxy) is 1. The van der Waals surface area contributed by atoms with Gasteiger partial charge in [-0.05, 0) is 37.1 Å². The zero-order chi connectivity index (χ0) is 18.7. The van der Waals surface area contributed by atoms with Gasteiger partial charge in [0.1, 0.15) is 11.6 Å². The van der Waals surface area contributed by atoms with E-state index in [4.69, 9.17) is 4.74 Å². The minimum absolute atomic E-state index is 0.110. The lowest BCUT2D eigenvalue weighted by Gasteiger charge is -2.07. The van der Waals surface area contributed by atoms with Gasteiger partial charge in [0.05, 0.1) is 17.9 Å². The van der Waals surface area contributed by atoms with Crippen LogP contribution in [-0.2, 0) is 20.7 Å². The van der Waals surface area contributed by atoms with Gasteiger partial charge in [-0.25, -0.2) is 4.39 Å². The van der Waals surface area contributed by atoms with Crippen molar-refractivity contribution in [2.75, 3.05) is 11.9 Å². The van der Waals surface area contributed by atoms with Crippen LogP contribution in [0, 0.1) is 5.82 Å². The Labute approximate surface area is 150 Å². The molecule has 0 radical (unpaired) electrons. The van der Waals surface area contributed by atoms with Gasteiger partial charge in [0.25, 0.3) is 5.91 Å². The van der Waals surface area contributed by atoms with Crippen LogP contribution >= 0.6 is 0 Å². The molecule has 6 heteroatoms. The summed E-state index contributed by atoms with van der Waals surface area (Å²) in [4.78, 5) is 23.6. The summed E-state index contributed by atoms with van der Waals surface area (Å²) >= 11 is 0. The van der Waals surface area contributed by atoms with E-state index in [-0.39, 0.29) is 23.7 Å². The van der Waals surface area contributed by atoms with Crippen LogP contribution in [0.25, 0.3) is 11.3 Å². The molecular formula is C20H18FNO4. The predicted octanol–water partition coefficient (Wildman–Crippen LogP) is 3.70. The van der Waals surface area contributed by atoms with E-state index in [2.05, 4.69) is 5.32 Å². The maximum atomic E-state index is 13.3. The Kier molecular flexibility index (Phi) is 5.02. The zero-order valence-electron chi connectivity index (χ0n) is 14.2. The van der Waals surface area contributed by atoms with E-state index in [1.807, 2.05) is 0 Å². The Morgan fingerprint density at radius 2 is 1.92 bits per heavy atom. The Morgan fingerprint density at radius 3 is 2.62 bits per heavy atom. The van der Waals surface area contributed by atoms with E-state index in [0.717, 1.165) is 5.56 Å². The molecule has 134 valence electrons. The molecule has 0 unspecified atom stereocenters. The van der Waals surface area contributed by atoms with Crippen molar-refractivity contribution in [1.29, 1.82) is 0 Å². The molecule has 2 aromatic carbocycles. The van der Waals surface area contributed by atoms with Gasteiger partial charge < -0.3 is 15.2 Å². The van der Waals surface area contributed by atoms with Crippen molar-refractivity contribution in [2.45, 2.75) is 19.8 Å². The number of benzene rings is 2. The largest absolute Gasteiger partial charge is 0.506 e. The number of carbonyl (C=O) groups excluding carboxylic acids is 2. The number of anilines is 1. The molecule has 0 fully saturated rings. The molecule has 1 amide bonds. The summed E-state index contributed by atoms with van der Waals surface area (Å²) in [5, 5.41) is 13.1. The van der Waals surface area contributed by atoms with Gasteiger partial charge >= 0.3 is 5.97 Å². The van der Waals surface area contributed by atoms with Crippen molar-refractivity contribution < 1.29 is 23.8 Å². The number of carbonyl (C=O) groups is 2. The summed E-state index contributed by atoms with van der Waals surface area (Å²) in [7, 11) is 0. The number of nitrogens with one attached hydrogen (secondary N) is 1. The van der Waals surface area contributed by atoms with Crippen LogP contribution in [0.1, 0.15) is 30.0 Å². The van der Waals surface area contributed by atoms with Crippen LogP contribution in [0.3, 0.4) is 0 Å². The Morgan fingerprint density at radius 1 is 1.19 bits per heavy atom. The molecule has 0 atom stereocenters. The number of hydrogen-bond acceptors (Lipinski definition) is 4. The summed E-state index contributed by atoms with van der Waals surface area (Å²) < 4.78 is 18.2. The smallest absolute Gasteiger partial charge is 0.306 e. The highest BCUT2D eigenvalue weighted by molar-refractivity contribution is 6.36. The molecule has 1 aliphatic rings. The molecule has 0 saturated heterocycles. The molecule has 5 nitrogen and oxygen atoms in total. The number of halogens is 1. The standard InChI is InChI=1S/C20H18FNO4/c1-2-26-17(23)10-5-12-3-6-13(7-4-12)19(24)18-15-9-8-14(21)11-16(15)22-20(18)25/h3-4,6-9,11,24H,2,5,10H2,1H3,(H,22,25)/b19-18+. The molecule has 1 heterocycles. The van der Waals surface area contributed by atoms with Crippen molar-refractivity contribution in [2.24, 2.45) is 0 Å². The van der Waals surface area contributed by atoms with Crippen molar-refractivity contribution in [3.8, 4) is 0 Å². The summed E-state index contributed by atoms with van der Waals surface area (Å²) in [6.07, 6.45) is 0.806. The number of aryl methyl sites for hydroxylation is 1. The lowest BCUT2D eigenvalue weighted by Crippen LogP contribution is -2.06. The molecule has 0 aromatic heterocycles. The van der Waals surface area contributed by atoms with Gasteiger partial charge in [0.15, 0.2) is 0 Å². The fraction of sp³-hybridized carbons (Fsp3) is 0.200. The van der Waals surface area contributed by atoms with E-state index in [9.17, 15) is 19.1 Å². The third-order valence-electron chi connectivity index (χ3n) is 4.11. The van der Waals surface area contributed by atoms with E-state index in [1.165, 1.54) is 18.2 Å². The first-order valence-electron chi connectivity index (χ1n) is 8.29. The molecule has 2 N–H and O–H groups in total. The second-order valence-electron chi connectivity index (χ2n) is 5.87. The van der Waals surface area contributed by atoms with Crippen LogP contribution in [0.4, 0.5) is 10.1 Å². The Balaban J connectivity index is 1.82. The number of aliphatic hydroxyl groups is 1. The topological polar surface area (TPSA) is 75.6 Å². The molecule has 0 aliphatic carbocycles. The van der Waals surface area contributed by atoms with Gasteiger partial charge in [0.2, 0.25) is 0 Å². The number of amides is 1. The van der Waals surface area contributed by atoms with Crippen LogP contribution in [0.15, 0.2) is 42.5 Å². The van der Waals surface area contributed by atoms with Gasteiger partial charge in [-0.2, -0.15) is 0 Å². The van der Waals surface area contributed by atoms with Crippen molar-refractivity contribution >= 4 is 28.9 Å². The Bertz CT molecular complexity index is 887. The van der Waals surface area contributed by atoms with Crippen LogP contribution in [-0.4, -0.2) is 23.6 Å². The van der Waals surface area contributed by atoms with Crippen molar-refractivity contribution in [1.82, 2.24) is 0 Å². The summed E-state index contributed by atoms with van der Waals surface area (Å²) in [5.74, 6) is -1.37. The van der Waals surface area contributed by atoms with E-state index >= 15 is 0 Å². The minimum atomic E-state index is -0.477. The number of hydrogen-bond donors (Lipinski definition) is 2. The first-order chi connectivity index (χ1) is 12.5. The van der Waals surface area contributed by atoms with E-state index < -0.39 is 11.7 Å². The second kappa shape index (κ2) is 7.39. The van der Waals surface area contributed by atoms with Gasteiger partial charge in [-0.15, -0.1) is 0 Å². The molecule has 2 aromatic rings. The second-order valence-corrected chi connectivity index (χ2v) is 5.87. The maximum Gasteiger partial charge on any atom is 0.306 e. The fourth-order valence-electron chi connectivity index (χ4n) is 2.83. The average Bonchev–Trinajstić information content (AvgIpc) is 2.95. The third-order valence-corrected chi connectivity index (χ3v) is 4.11. The van der Waals surface area contributed by atoms with E-state index in [0.29, 0.717) is 29.8 Å². The lowest BCUT2D eigenvalue weighted by atomic mass is 10.0. The summed E-state index contributed by atoms with van der Waals surface area (Å²) in [6, 6.07) is 10.8. The minimum Gasteiger partial charge on any atom is -0.506 e. The third kappa shape index (κ3) is 3.59. The fourth-order valence-corrected chi connectivity index (χ4v) is 2.83. The Hall–Kier alpha value is -3.15.